The normalized spacial score (nSPS) is 26.3. The van der Waals surface area contributed by atoms with E-state index in [1.807, 2.05) is 0 Å². The summed E-state index contributed by atoms with van der Waals surface area (Å²) in [6, 6.07) is 9.18. The summed E-state index contributed by atoms with van der Waals surface area (Å²) in [6.07, 6.45) is 0. The molecule has 4 atom stereocenters. The Hall–Kier alpha value is -3.93. The zero-order chi connectivity index (χ0) is 25.2. The molecule has 3 aliphatic heterocycles. The number of esters is 1. The number of carbonyl (C=O) groups excluding carboxylic acids is 4. The van der Waals surface area contributed by atoms with Crippen LogP contribution in [0.15, 0.2) is 48.5 Å². The van der Waals surface area contributed by atoms with Gasteiger partial charge in [0, 0.05) is 12.1 Å². The van der Waals surface area contributed by atoms with Gasteiger partial charge in [0.1, 0.15) is 18.0 Å². The van der Waals surface area contributed by atoms with Crippen LogP contribution in [0.25, 0.3) is 0 Å². The van der Waals surface area contributed by atoms with Gasteiger partial charge in [-0.25, -0.2) is 4.79 Å². The average Bonchev–Trinajstić information content (AvgIpc) is 3.18. The Morgan fingerprint density at radius 3 is 2.17 bits per heavy atom. The highest BCUT2D eigenvalue weighted by molar-refractivity contribution is 7.87. The summed E-state index contributed by atoms with van der Waals surface area (Å²) >= 11 is 0. The Morgan fingerprint density at radius 1 is 1.06 bits per heavy atom. The highest BCUT2D eigenvalue weighted by Crippen LogP contribution is 2.46. The first-order valence-electron chi connectivity index (χ1n) is 10.7. The number of amides is 3. The number of imide groups is 1. The second kappa shape index (κ2) is 7.80. The molecule has 1 unspecified atom stereocenters. The number of fused-ring (bicyclic) bond motifs is 2. The van der Waals surface area contributed by atoms with Gasteiger partial charge in [-0.2, -0.15) is 0 Å². The van der Waals surface area contributed by atoms with E-state index in [9.17, 15) is 33.5 Å². The van der Waals surface area contributed by atoms with Gasteiger partial charge in [-0.05, 0) is 43.7 Å². The van der Waals surface area contributed by atoms with Gasteiger partial charge in [-0.1, -0.05) is 12.1 Å². The molecule has 12 heteroatoms. The summed E-state index contributed by atoms with van der Waals surface area (Å²) in [7, 11) is -1.79. The maximum absolute atomic E-state index is 13.4. The molecule has 3 amide bonds. The molecular formula is C23H19N3O8S. The zero-order valence-corrected chi connectivity index (χ0v) is 19.4. The molecule has 0 aromatic heterocycles. The van der Waals surface area contributed by atoms with Crippen LogP contribution in [0.4, 0.5) is 5.69 Å². The van der Waals surface area contributed by atoms with Crippen molar-refractivity contribution in [3.05, 3.63) is 75.3 Å². The number of ether oxygens (including phenoxy) is 1. The molecule has 0 aliphatic carbocycles. The fourth-order valence-electron chi connectivity index (χ4n) is 4.76. The van der Waals surface area contributed by atoms with E-state index in [0.29, 0.717) is 5.56 Å². The Kier molecular flexibility index (Phi) is 5.09. The van der Waals surface area contributed by atoms with E-state index in [1.165, 1.54) is 36.4 Å². The smallest absolute Gasteiger partial charge is 0.330 e. The summed E-state index contributed by atoms with van der Waals surface area (Å²) in [5.74, 6) is -2.72. The van der Waals surface area contributed by atoms with E-state index in [1.54, 1.807) is 26.0 Å². The lowest BCUT2D eigenvalue weighted by Gasteiger charge is -2.46. The van der Waals surface area contributed by atoms with Crippen molar-refractivity contribution in [2.45, 2.75) is 42.7 Å². The quantitative estimate of drug-likeness (QED) is 0.198. The van der Waals surface area contributed by atoms with Gasteiger partial charge < -0.3 is 9.64 Å². The van der Waals surface area contributed by atoms with Crippen LogP contribution in [0.5, 0.6) is 0 Å². The standard InChI is InChI=1S/C23H19N3O8S/c1-23(2)17(22(30)34-11-12-7-9-13(10-8-12)26(31)32)25-20(29)16(21(25)35(23)33)24-18(27)14-5-3-4-6-15(14)19(24)28/h3-10,16-17,21H,11H2,1-2H3/t16-,17+,21-,35?/m1/s1. The summed E-state index contributed by atoms with van der Waals surface area (Å²) in [4.78, 5) is 64.2. The number of hydrogen-bond acceptors (Lipinski definition) is 8. The van der Waals surface area contributed by atoms with Crippen LogP contribution in [-0.2, 0) is 31.7 Å². The van der Waals surface area contributed by atoms with Crippen LogP contribution in [0.1, 0.15) is 40.1 Å². The molecule has 0 saturated carbocycles. The first kappa shape index (κ1) is 22.8. The number of carbonyl (C=O) groups is 4. The number of nitro groups is 1. The third-order valence-electron chi connectivity index (χ3n) is 6.58. The monoisotopic (exact) mass is 497 g/mol. The lowest BCUT2D eigenvalue weighted by atomic mass is 9.95. The number of hydrogen-bond donors (Lipinski definition) is 0. The average molecular weight is 497 g/mol. The molecule has 2 aromatic rings. The first-order chi connectivity index (χ1) is 16.6. The summed E-state index contributed by atoms with van der Waals surface area (Å²) in [5.41, 5.74) is 0.730. The van der Waals surface area contributed by atoms with Crippen molar-refractivity contribution < 1.29 is 33.0 Å². The maximum atomic E-state index is 13.4. The highest BCUT2D eigenvalue weighted by atomic mass is 32.2. The largest absolute Gasteiger partial charge is 0.459 e. The highest BCUT2D eigenvalue weighted by Gasteiger charge is 2.71. The second-order valence-corrected chi connectivity index (χ2v) is 11.1. The van der Waals surface area contributed by atoms with Crippen LogP contribution in [0, 0.1) is 10.1 Å². The van der Waals surface area contributed by atoms with E-state index in [2.05, 4.69) is 0 Å². The molecule has 180 valence electrons. The van der Waals surface area contributed by atoms with Gasteiger partial charge in [0.2, 0.25) is 0 Å². The molecule has 2 fully saturated rings. The third-order valence-corrected chi connectivity index (χ3v) is 8.77. The molecule has 2 saturated heterocycles. The van der Waals surface area contributed by atoms with Crippen molar-refractivity contribution in [2.24, 2.45) is 0 Å². The predicted octanol–water partition coefficient (Wildman–Crippen LogP) is 1.38. The molecule has 3 aliphatic rings. The number of nitrogens with zero attached hydrogens (tertiary/aromatic N) is 3. The number of β-lactam (4-membered cyclic amide) rings is 1. The lowest BCUT2D eigenvalue weighted by Crippen LogP contribution is -2.72. The van der Waals surface area contributed by atoms with Gasteiger partial charge >= 0.3 is 5.97 Å². The molecule has 11 nitrogen and oxygen atoms in total. The molecule has 0 spiro atoms. The molecular weight excluding hydrogens is 478 g/mol. The van der Waals surface area contributed by atoms with Crippen LogP contribution < -0.4 is 0 Å². The third kappa shape index (κ3) is 3.20. The van der Waals surface area contributed by atoms with E-state index in [-0.39, 0.29) is 23.4 Å². The Labute approximate surface area is 201 Å². The van der Waals surface area contributed by atoms with Crippen molar-refractivity contribution in [1.82, 2.24) is 9.80 Å². The number of non-ortho nitro benzene ring substituents is 1. The van der Waals surface area contributed by atoms with Gasteiger partial charge in [0.25, 0.3) is 23.4 Å². The van der Waals surface area contributed by atoms with Crippen LogP contribution in [-0.4, -0.2) is 64.8 Å². The van der Waals surface area contributed by atoms with Crippen molar-refractivity contribution >= 4 is 40.2 Å². The molecule has 0 N–H and O–H groups in total. The molecule has 0 bridgehead atoms. The molecule has 3 heterocycles. The van der Waals surface area contributed by atoms with Crippen LogP contribution in [0.2, 0.25) is 0 Å². The zero-order valence-electron chi connectivity index (χ0n) is 18.6. The molecule has 5 rings (SSSR count). The van der Waals surface area contributed by atoms with Gasteiger partial charge in [0.15, 0.2) is 6.04 Å². The molecule has 35 heavy (non-hydrogen) atoms. The van der Waals surface area contributed by atoms with Crippen molar-refractivity contribution in [3.63, 3.8) is 0 Å². The van der Waals surface area contributed by atoms with Crippen molar-refractivity contribution in [3.8, 4) is 0 Å². The van der Waals surface area contributed by atoms with Crippen LogP contribution in [0.3, 0.4) is 0 Å². The Morgan fingerprint density at radius 2 is 1.63 bits per heavy atom. The van der Waals surface area contributed by atoms with E-state index in [0.717, 1.165) is 9.80 Å². The van der Waals surface area contributed by atoms with Crippen molar-refractivity contribution in [2.75, 3.05) is 0 Å². The van der Waals surface area contributed by atoms with E-state index in [4.69, 9.17) is 4.74 Å². The first-order valence-corrected chi connectivity index (χ1v) is 11.9. The van der Waals surface area contributed by atoms with Crippen LogP contribution >= 0.6 is 0 Å². The summed E-state index contributed by atoms with van der Waals surface area (Å²) in [6.45, 7) is 2.92. The number of nitro benzene ring substituents is 1. The van der Waals surface area contributed by atoms with Gasteiger partial charge in [-0.3, -0.25) is 33.6 Å². The minimum atomic E-state index is -1.79. The predicted molar refractivity (Wildman–Crippen MR) is 120 cm³/mol. The second-order valence-electron chi connectivity index (χ2n) is 8.94. The van der Waals surface area contributed by atoms with Gasteiger partial charge in [-0.15, -0.1) is 0 Å². The maximum Gasteiger partial charge on any atom is 0.330 e. The Bertz CT molecular complexity index is 1300. The SMILES string of the molecule is CC1(C)[C@H](C(=O)OCc2ccc([N+](=O)[O-])cc2)N2C(=O)[C@@H](N3C(=O)c4ccccc4C3=O)[C@H]2S1=O. The minimum absolute atomic E-state index is 0.111. The fraction of sp³-hybridized carbons (Fsp3) is 0.304. The fourth-order valence-corrected chi connectivity index (χ4v) is 6.72. The summed E-state index contributed by atoms with van der Waals surface area (Å²) in [5, 5.41) is 9.76. The van der Waals surface area contributed by atoms with Crippen molar-refractivity contribution in [1.29, 1.82) is 0 Å². The molecule has 0 radical (unpaired) electrons. The summed E-state index contributed by atoms with van der Waals surface area (Å²) < 4.78 is 17.5. The molecule has 2 aromatic carbocycles. The Balaban J connectivity index is 1.36. The number of benzene rings is 2. The van der Waals surface area contributed by atoms with E-state index >= 15 is 0 Å². The lowest BCUT2D eigenvalue weighted by molar-refractivity contribution is -0.384. The topological polar surface area (TPSA) is 144 Å². The van der Waals surface area contributed by atoms with Gasteiger partial charge in [0.05, 0.1) is 31.6 Å². The van der Waals surface area contributed by atoms with E-state index < -0.39 is 61.6 Å². The number of rotatable bonds is 5. The minimum Gasteiger partial charge on any atom is -0.459 e.